The minimum Gasteiger partial charge on any atom is -0.461 e. The van der Waals surface area contributed by atoms with Crippen molar-refractivity contribution in [3.63, 3.8) is 0 Å². The van der Waals surface area contributed by atoms with Gasteiger partial charge < -0.3 is 14.8 Å². The van der Waals surface area contributed by atoms with E-state index in [1.165, 1.54) is 13.8 Å². The number of halogens is 6. The van der Waals surface area contributed by atoms with Gasteiger partial charge in [-0.05, 0) is 69.1 Å². The fourth-order valence-electron chi connectivity index (χ4n) is 4.18. The lowest BCUT2D eigenvalue weighted by atomic mass is 9.74. The molecule has 0 amide bonds. The Balaban J connectivity index is 2.03. The number of ether oxygens (including phenoxy) is 2. The molecule has 1 fully saturated rings. The second-order valence-electron chi connectivity index (χ2n) is 8.91. The summed E-state index contributed by atoms with van der Waals surface area (Å²) in [6.45, 7) is 4.25. The maximum absolute atomic E-state index is 13.4. The summed E-state index contributed by atoms with van der Waals surface area (Å²) in [5, 5.41) is 3.23. The van der Waals surface area contributed by atoms with Crippen LogP contribution in [0.25, 0.3) is 0 Å². The van der Waals surface area contributed by atoms with Crippen molar-refractivity contribution in [2.45, 2.75) is 56.7 Å². The van der Waals surface area contributed by atoms with E-state index in [2.05, 4.69) is 5.32 Å². The van der Waals surface area contributed by atoms with E-state index in [-0.39, 0.29) is 12.7 Å². The Morgan fingerprint density at radius 2 is 1.49 bits per heavy atom. The molecule has 2 aromatic rings. The molecule has 0 bridgehead atoms. The van der Waals surface area contributed by atoms with Crippen LogP contribution < -0.4 is 5.32 Å². The lowest BCUT2D eigenvalue weighted by Crippen LogP contribution is -2.43. The van der Waals surface area contributed by atoms with Gasteiger partial charge in [0.25, 0.3) is 0 Å². The third-order valence-corrected chi connectivity index (χ3v) is 5.95. The number of nitrogens with one attached hydrogen (secondary N) is 1. The number of hydrogen-bond donors (Lipinski definition) is 1. The topological polar surface area (TPSA) is 47.6 Å². The predicted molar refractivity (Wildman–Crippen MR) is 117 cm³/mol. The summed E-state index contributed by atoms with van der Waals surface area (Å²) in [4.78, 5) is 12.9. The number of rotatable bonds is 7. The van der Waals surface area contributed by atoms with Crippen molar-refractivity contribution in [2.24, 2.45) is 0 Å². The summed E-state index contributed by atoms with van der Waals surface area (Å²) >= 11 is 0. The standard InChI is InChI=1S/C25H27F6NO3/c1-16(2)35-22(33)21(17-12-19(24(26,27)28)14-20(13-17)25(29,30)31)34-15-23(8-10-32-11-9-23)18-6-4-3-5-7-18/h3-7,12-14,16,21,32H,8-11,15H2,1-2H3. The molecular weight excluding hydrogens is 476 g/mol. The Bertz CT molecular complexity index is 966. The predicted octanol–water partition coefficient (Wildman–Crippen LogP) is 6.05. The number of hydrogen-bond acceptors (Lipinski definition) is 4. The number of carbonyl (C=O) groups excluding carboxylic acids is 1. The molecule has 0 radical (unpaired) electrons. The Hall–Kier alpha value is -2.59. The van der Waals surface area contributed by atoms with Crippen molar-refractivity contribution >= 4 is 5.97 Å². The Morgan fingerprint density at radius 1 is 0.943 bits per heavy atom. The first-order valence-corrected chi connectivity index (χ1v) is 11.2. The molecule has 1 N–H and O–H groups in total. The summed E-state index contributed by atoms with van der Waals surface area (Å²) in [5.41, 5.74) is -3.26. The van der Waals surface area contributed by atoms with Crippen LogP contribution in [0.4, 0.5) is 26.3 Å². The average Bonchev–Trinajstić information content (AvgIpc) is 2.78. The van der Waals surface area contributed by atoms with Crippen molar-refractivity contribution in [3.05, 3.63) is 70.8 Å². The van der Waals surface area contributed by atoms with Crippen molar-refractivity contribution in [2.75, 3.05) is 19.7 Å². The van der Waals surface area contributed by atoms with E-state index < -0.39 is 52.6 Å². The summed E-state index contributed by atoms with van der Waals surface area (Å²) in [5.74, 6) is -1.05. The summed E-state index contributed by atoms with van der Waals surface area (Å²) in [6.07, 6.45) is -11.3. The lowest BCUT2D eigenvalue weighted by molar-refractivity contribution is -0.164. The highest BCUT2D eigenvalue weighted by atomic mass is 19.4. The third kappa shape index (κ3) is 6.76. The lowest BCUT2D eigenvalue weighted by Gasteiger charge is -2.39. The van der Waals surface area contributed by atoms with Crippen LogP contribution in [-0.2, 0) is 32.0 Å². The third-order valence-electron chi connectivity index (χ3n) is 5.95. The Morgan fingerprint density at radius 3 is 1.97 bits per heavy atom. The van der Waals surface area contributed by atoms with E-state index in [0.717, 1.165) is 5.56 Å². The van der Waals surface area contributed by atoms with Crippen LogP contribution in [-0.4, -0.2) is 31.8 Å². The molecule has 1 aliphatic rings. The molecule has 10 heteroatoms. The maximum Gasteiger partial charge on any atom is 0.416 e. The molecule has 0 spiro atoms. The zero-order chi connectivity index (χ0) is 25.9. The highest BCUT2D eigenvalue weighted by Gasteiger charge is 2.40. The summed E-state index contributed by atoms with van der Waals surface area (Å²) < 4.78 is 91.7. The average molecular weight is 503 g/mol. The van der Waals surface area contributed by atoms with Gasteiger partial charge in [-0.3, -0.25) is 0 Å². The van der Waals surface area contributed by atoms with Crippen LogP contribution in [0.1, 0.15) is 55.0 Å². The molecule has 0 saturated carbocycles. The van der Waals surface area contributed by atoms with Crippen LogP contribution >= 0.6 is 0 Å². The summed E-state index contributed by atoms with van der Waals surface area (Å²) in [7, 11) is 0. The first kappa shape index (κ1) is 27.0. The molecule has 192 valence electrons. The molecule has 1 heterocycles. The van der Waals surface area contributed by atoms with E-state index in [9.17, 15) is 31.1 Å². The van der Waals surface area contributed by atoms with Crippen molar-refractivity contribution in [1.29, 1.82) is 0 Å². The van der Waals surface area contributed by atoms with Gasteiger partial charge >= 0.3 is 18.3 Å². The van der Waals surface area contributed by atoms with E-state index in [0.29, 0.717) is 38.1 Å². The molecule has 1 saturated heterocycles. The smallest absolute Gasteiger partial charge is 0.416 e. The van der Waals surface area contributed by atoms with Gasteiger partial charge in [0.05, 0.1) is 23.8 Å². The molecule has 0 aliphatic carbocycles. The molecule has 2 aromatic carbocycles. The van der Waals surface area contributed by atoms with Crippen LogP contribution in [0.2, 0.25) is 0 Å². The van der Waals surface area contributed by atoms with Crippen LogP contribution in [0.3, 0.4) is 0 Å². The van der Waals surface area contributed by atoms with Crippen molar-refractivity contribution < 1.29 is 40.6 Å². The number of piperidine rings is 1. The SMILES string of the molecule is CC(C)OC(=O)C(OCC1(c2ccccc2)CCNCC1)c1cc(C(F)(F)F)cc(C(F)(F)F)c1. The fourth-order valence-corrected chi connectivity index (χ4v) is 4.18. The van der Waals surface area contributed by atoms with Gasteiger partial charge in [0.2, 0.25) is 0 Å². The highest BCUT2D eigenvalue weighted by Crippen LogP contribution is 2.40. The number of esters is 1. The van der Waals surface area contributed by atoms with E-state index >= 15 is 0 Å². The second kappa shape index (κ2) is 10.6. The molecule has 3 rings (SSSR count). The molecule has 0 aromatic heterocycles. The molecule has 1 unspecified atom stereocenters. The zero-order valence-corrected chi connectivity index (χ0v) is 19.3. The molecular formula is C25H27F6NO3. The fraction of sp³-hybridized carbons (Fsp3) is 0.480. The van der Waals surface area contributed by atoms with Gasteiger partial charge in [-0.25, -0.2) is 4.79 Å². The molecule has 4 nitrogen and oxygen atoms in total. The van der Waals surface area contributed by atoms with Gasteiger partial charge in [0.15, 0.2) is 6.10 Å². The molecule has 35 heavy (non-hydrogen) atoms. The Labute approximate surface area is 199 Å². The minimum absolute atomic E-state index is 0.0204. The largest absolute Gasteiger partial charge is 0.461 e. The van der Waals surface area contributed by atoms with Gasteiger partial charge in [0.1, 0.15) is 0 Å². The van der Waals surface area contributed by atoms with Gasteiger partial charge in [-0.1, -0.05) is 30.3 Å². The van der Waals surface area contributed by atoms with Gasteiger partial charge in [0, 0.05) is 5.41 Å². The van der Waals surface area contributed by atoms with E-state index in [4.69, 9.17) is 9.47 Å². The molecule has 1 aliphatic heterocycles. The zero-order valence-electron chi connectivity index (χ0n) is 19.3. The molecule has 1 atom stereocenters. The first-order chi connectivity index (χ1) is 16.3. The summed E-state index contributed by atoms with van der Waals surface area (Å²) in [6, 6.07) is 10.3. The van der Waals surface area contributed by atoms with Crippen molar-refractivity contribution in [3.8, 4) is 0 Å². The second-order valence-corrected chi connectivity index (χ2v) is 8.91. The quantitative estimate of drug-likeness (QED) is 0.369. The van der Waals surface area contributed by atoms with Gasteiger partial charge in [-0.2, -0.15) is 26.3 Å². The highest BCUT2D eigenvalue weighted by molar-refractivity contribution is 5.77. The number of benzene rings is 2. The van der Waals surface area contributed by atoms with Crippen LogP contribution in [0.15, 0.2) is 48.5 Å². The number of alkyl halides is 6. The minimum atomic E-state index is -5.05. The number of carbonyl (C=O) groups is 1. The van der Waals surface area contributed by atoms with Crippen LogP contribution in [0.5, 0.6) is 0 Å². The van der Waals surface area contributed by atoms with E-state index in [1.54, 1.807) is 0 Å². The Kier molecular flexibility index (Phi) is 8.16. The van der Waals surface area contributed by atoms with Crippen molar-refractivity contribution in [1.82, 2.24) is 5.32 Å². The maximum atomic E-state index is 13.4. The van der Waals surface area contributed by atoms with E-state index in [1.807, 2.05) is 30.3 Å². The first-order valence-electron chi connectivity index (χ1n) is 11.2. The monoisotopic (exact) mass is 503 g/mol. The van der Waals surface area contributed by atoms with Gasteiger partial charge in [-0.15, -0.1) is 0 Å². The van der Waals surface area contributed by atoms with Crippen LogP contribution in [0, 0.1) is 0 Å². The normalized spacial score (nSPS) is 17.3.